The lowest BCUT2D eigenvalue weighted by molar-refractivity contribution is 0.419. The Morgan fingerprint density at radius 2 is 1.62 bits per heavy atom. The molecule has 1 nitrogen and oxygen atoms in total. The quantitative estimate of drug-likeness (QED) is 0.471. The van der Waals surface area contributed by atoms with Gasteiger partial charge in [-0.25, -0.2) is 0 Å². The number of methoxy groups -OCH3 is 1. The average Bonchev–Trinajstić information content (AvgIpc) is 2.82. The van der Waals surface area contributed by atoms with Gasteiger partial charge < -0.3 is 4.74 Å². The maximum Gasteiger partial charge on any atom is 0.126 e. The molecule has 1 aliphatic carbocycles. The third-order valence-corrected chi connectivity index (χ3v) is 5.99. The SMILES string of the molecule is COc1ccc(C(Br)C2CCCCCC2)c2ccccc12. The summed E-state index contributed by atoms with van der Waals surface area (Å²) in [4.78, 5) is 0.450. The molecule has 21 heavy (non-hydrogen) atoms. The van der Waals surface area contributed by atoms with Crippen LogP contribution < -0.4 is 4.74 Å². The van der Waals surface area contributed by atoms with Gasteiger partial charge in [0.05, 0.1) is 7.11 Å². The molecule has 3 rings (SSSR count). The van der Waals surface area contributed by atoms with Gasteiger partial charge in [-0.2, -0.15) is 0 Å². The molecule has 0 amide bonds. The van der Waals surface area contributed by atoms with E-state index in [4.69, 9.17) is 4.74 Å². The van der Waals surface area contributed by atoms with Gasteiger partial charge in [-0.1, -0.05) is 71.9 Å². The summed E-state index contributed by atoms with van der Waals surface area (Å²) in [6.07, 6.45) is 8.24. The summed E-state index contributed by atoms with van der Waals surface area (Å²) in [5.41, 5.74) is 1.42. The number of halogens is 1. The van der Waals surface area contributed by atoms with Gasteiger partial charge in [-0.05, 0) is 35.8 Å². The number of rotatable bonds is 3. The summed E-state index contributed by atoms with van der Waals surface area (Å²) in [5.74, 6) is 1.72. The first-order valence-electron chi connectivity index (χ1n) is 8.01. The van der Waals surface area contributed by atoms with Crippen LogP contribution in [0.4, 0.5) is 0 Å². The highest BCUT2D eigenvalue weighted by Crippen LogP contribution is 2.43. The van der Waals surface area contributed by atoms with Gasteiger partial charge in [-0.3, -0.25) is 0 Å². The van der Waals surface area contributed by atoms with Crippen molar-refractivity contribution < 1.29 is 4.74 Å². The Kier molecular flexibility index (Phi) is 4.84. The number of alkyl halides is 1. The van der Waals surface area contributed by atoms with Crippen molar-refractivity contribution in [3.63, 3.8) is 0 Å². The van der Waals surface area contributed by atoms with Crippen molar-refractivity contribution in [1.29, 1.82) is 0 Å². The second-order valence-corrected chi connectivity index (χ2v) is 7.04. The van der Waals surface area contributed by atoms with Crippen molar-refractivity contribution in [2.24, 2.45) is 5.92 Å². The number of ether oxygens (including phenoxy) is 1. The van der Waals surface area contributed by atoms with Gasteiger partial charge >= 0.3 is 0 Å². The van der Waals surface area contributed by atoms with E-state index in [-0.39, 0.29) is 0 Å². The van der Waals surface area contributed by atoms with E-state index in [1.54, 1.807) is 7.11 Å². The monoisotopic (exact) mass is 346 g/mol. The van der Waals surface area contributed by atoms with E-state index in [1.807, 2.05) is 0 Å². The van der Waals surface area contributed by atoms with Gasteiger partial charge in [0.25, 0.3) is 0 Å². The number of benzene rings is 2. The summed E-state index contributed by atoms with van der Waals surface area (Å²) in [7, 11) is 1.75. The fraction of sp³-hybridized carbons (Fsp3) is 0.474. The van der Waals surface area contributed by atoms with Crippen LogP contribution in [0.2, 0.25) is 0 Å². The van der Waals surface area contributed by atoms with Gasteiger partial charge in [0, 0.05) is 10.2 Å². The standard InChI is InChI=1S/C19H23BrO/c1-21-18-13-12-17(15-10-6-7-11-16(15)18)19(20)14-8-4-2-3-5-9-14/h6-7,10-14,19H,2-5,8-9H2,1H3. The molecule has 0 aliphatic heterocycles. The molecule has 0 spiro atoms. The molecule has 2 aromatic carbocycles. The zero-order valence-corrected chi connectivity index (χ0v) is 14.2. The maximum absolute atomic E-state index is 5.51. The molecular formula is C19H23BrO. The largest absolute Gasteiger partial charge is 0.496 e. The molecule has 1 fully saturated rings. The summed E-state index contributed by atoms with van der Waals surface area (Å²) >= 11 is 4.01. The first kappa shape index (κ1) is 14.9. The fourth-order valence-electron chi connectivity index (χ4n) is 3.57. The maximum atomic E-state index is 5.51. The second kappa shape index (κ2) is 6.83. The molecule has 2 heteroatoms. The van der Waals surface area contributed by atoms with Crippen LogP contribution in [-0.4, -0.2) is 7.11 Å². The van der Waals surface area contributed by atoms with Gasteiger partial charge in [0.15, 0.2) is 0 Å². The topological polar surface area (TPSA) is 9.23 Å². The third-order valence-electron chi connectivity index (χ3n) is 4.75. The zero-order chi connectivity index (χ0) is 14.7. The first-order chi connectivity index (χ1) is 10.3. The summed E-state index contributed by atoms with van der Waals surface area (Å²) < 4.78 is 5.51. The van der Waals surface area contributed by atoms with E-state index in [1.165, 1.54) is 54.9 Å². The fourth-order valence-corrected chi connectivity index (χ4v) is 4.50. The highest BCUT2D eigenvalue weighted by atomic mass is 79.9. The molecular weight excluding hydrogens is 324 g/mol. The highest BCUT2D eigenvalue weighted by Gasteiger charge is 2.23. The molecule has 0 heterocycles. The molecule has 0 N–H and O–H groups in total. The molecule has 0 bridgehead atoms. The van der Waals surface area contributed by atoms with Crippen molar-refractivity contribution in [3.8, 4) is 5.75 Å². The van der Waals surface area contributed by atoms with Crippen molar-refractivity contribution in [2.45, 2.75) is 43.4 Å². The summed E-state index contributed by atoms with van der Waals surface area (Å²) in [6, 6.07) is 12.9. The van der Waals surface area contributed by atoms with E-state index in [0.29, 0.717) is 4.83 Å². The molecule has 0 aromatic heterocycles. The Labute approximate surface area is 135 Å². The molecule has 112 valence electrons. The van der Waals surface area contributed by atoms with Crippen LogP contribution in [0.25, 0.3) is 10.8 Å². The lowest BCUT2D eigenvalue weighted by Gasteiger charge is -2.23. The normalized spacial score (nSPS) is 18.4. The second-order valence-electron chi connectivity index (χ2n) is 6.06. The Balaban J connectivity index is 1.99. The van der Waals surface area contributed by atoms with Crippen LogP contribution >= 0.6 is 15.9 Å². The smallest absolute Gasteiger partial charge is 0.126 e. The third kappa shape index (κ3) is 3.11. The Bertz CT molecular complexity index is 600. The molecule has 0 saturated heterocycles. The molecule has 0 radical (unpaired) electrons. The molecule has 1 saturated carbocycles. The minimum absolute atomic E-state index is 0.450. The lowest BCUT2D eigenvalue weighted by atomic mass is 9.89. The van der Waals surface area contributed by atoms with E-state index >= 15 is 0 Å². The van der Waals surface area contributed by atoms with Gasteiger partial charge in [0.1, 0.15) is 5.75 Å². The molecule has 1 aliphatic rings. The summed E-state index contributed by atoms with van der Waals surface area (Å²) in [5, 5.41) is 2.54. The predicted octanol–water partition coefficient (Wildman–Crippen LogP) is 6.25. The molecule has 2 aromatic rings. The average molecular weight is 347 g/mol. The van der Waals surface area contributed by atoms with Gasteiger partial charge in [0.2, 0.25) is 0 Å². The van der Waals surface area contributed by atoms with Crippen LogP contribution in [0.1, 0.15) is 48.9 Å². The van der Waals surface area contributed by atoms with Crippen molar-refractivity contribution in [1.82, 2.24) is 0 Å². The van der Waals surface area contributed by atoms with Crippen LogP contribution in [0.15, 0.2) is 36.4 Å². The zero-order valence-electron chi connectivity index (χ0n) is 12.6. The number of hydrogen-bond donors (Lipinski definition) is 0. The van der Waals surface area contributed by atoms with E-state index in [2.05, 4.69) is 52.3 Å². The first-order valence-corrected chi connectivity index (χ1v) is 8.92. The van der Waals surface area contributed by atoms with Gasteiger partial charge in [-0.15, -0.1) is 0 Å². The predicted molar refractivity (Wildman–Crippen MR) is 93.4 cm³/mol. The van der Waals surface area contributed by atoms with E-state index in [0.717, 1.165) is 11.7 Å². The van der Waals surface area contributed by atoms with E-state index in [9.17, 15) is 0 Å². The highest BCUT2D eigenvalue weighted by molar-refractivity contribution is 9.09. The van der Waals surface area contributed by atoms with Crippen LogP contribution in [0.5, 0.6) is 5.75 Å². The Morgan fingerprint density at radius 1 is 0.952 bits per heavy atom. The Morgan fingerprint density at radius 3 is 2.29 bits per heavy atom. The molecule has 1 unspecified atom stereocenters. The van der Waals surface area contributed by atoms with Crippen LogP contribution in [-0.2, 0) is 0 Å². The van der Waals surface area contributed by atoms with E-state index < -0.39 is 0 Å². The minimum atomic E-state index is 0.450. The number of hydrogen-bond acceptors (Lipinski definition) is 1. The van der Waals surface area contributed by atoms with Crippen molar-refractivity contribution >= 4 is 26.7 Å². The Hall–Kier alpha value is -1.02. The summed E-state index contributed by atoms with van der Waals surface area (Å²) in [6.45, 7) is 0. The lowest BCUT2D eigenvalue weighted by Crippen LogP contribution is -2.07. The number of fused-ring (bicyclic) bond motifs is 1. The van der Waals surface area contributed by atoms with Crippen LogP contribution in [0, 0.1) is 5.92 Å². The molecule has 1 atom stereocenters. The van der Waals surface area contributed by atoms with Crippen molar-refractivity contribution in [3.05, 3.63) is 42.0 Å². The minimum Gasteiger partial charge on any atom is -0.496 e. The van der Waals surface area contributed by atoms with Crippen LogP contribution in [0.3, 0.4) is 0 Å². The van der Waals surface area contributed by atoms with Crippen molar-refractivity contribution in [2.75, 3.05) is 7.11 Å².